The number of aromatic nitrogens is 2. The van der Waals surface area contributed by atoms with Gasteiger partial charge in [-0.3, -0.25) is 14.3 Å². The van der Waals surface area contributed by atoms with Gasteiger partial charge in [0, 0.05) is 42.8 Å². The van der Waals surface area contributed by atoms with E-state index in [1.165, 1.54) is 8.99 Å². The molecule has 190 valence electrons. The SMILES string of the molecule is Cc1ccc(NC(=O)C2CCN(S(=O)(=O)c3c(C)nn(CC(=O)N4CCCC4)c3C)CC2)cc1Cl. The number of nitrogens with one attached hydrogen (secondary N) is 1. The number of aryl methyl sites for hydroxylation is 2. The van der Waals surface area contributed by atoms with Crippen LogP contribution in [0.3, 0.4) is 0 Å². The van der Waals surface area contributed by atoms with Gasteiger partial charge in [0.05, 0.1) is 11.4 Å². The van der Waals surface area contributed by atoms with Crippen LogP contribution in [0.15, 0.2) is 23.1 Å². The Morgan fingerprint density at radius 2 is 1.74 bits per heavy atom. The second-order valence-electron chi connectivity index (χ2n) is 9.38. The van der Waals surface area contributed by atoms with E-state index in [0.717, 1.165) is 31.5 Å². The molecule has 2 aliphatic rings. The number of anilines is 1. The minimum Gasteiger partial charge on any atom is -0.341 e. The van der Waals surface area contributed by atoms with Crippen LogP contribution in [-0.4, -0.2) is 65.4 Å². The molecule has 0 saturated carbocycles. The lowest BCUT2D eigenvalue weighted by Gasteiger charge is -2.30. The Morgan fingerprint density at radius 3 is 2.37 bits per heavy atom. The highest BCUT2D eigenvalue weighted by molar-refractivity contribution is 7.89. The number of halogens is 1. The molecule has 2 saturated heterocycles. The fourth-order valence-electron chi connectivity index (χ4n) is 4.80. The summed E-state index contributed by atoms with van der Waals surface area (Å²) in [5, 5.41) is 7.84. The third-order valence-electron chi connectivity index (χ3n) is 6.92. The summed E-state index contributed by atoms with van der Waals surface area (Å²) in [5.41, 5.74) is 2.40. The van der Waals surface area contributed by atoms with Gasteiger partial charge in [-0.1, -0.05) is 17.7 Å². The van der Waals surface area contributed by atoms with Gasteiger partial charge in [0.15, 0.2) is 0 Å². The molecule has 1 aromatic heterocycles. The predicted octanol–water partition coefficient (Wildman–Crippen LogP) is 3.12. The molecule has 0 atom stereocenters. The Balaban J connectivity index is 1.41. The monoisotopic (exact) mass is 521 g/mol. The highest BCUT2D eigenvalue weighted by Crippen LogP contribution is 2.29. The van der Waals surface area contributed by atoms with Crippen molar-refractivity contribution in [1.29, 1.82) is 0 Å². The maximum Gasteiger partial charge on any atom is 0.246 e. The van der Waals surface area contributed by atoms with E-state index >= 15 is 0 Å². The van der Waals surface area contributed by atoms with Crippen LogP contribution in [0.5, 0.6) is 0 Å². The molecule has 35 heavy (non-hydrogen) atoms. The summed E-state index contributed by atoms with van der Waals surface area (Å²) < 4.78 is 29.9. The van der Waals surface area contributed by atoms with Crippen molar-refractivity contribution in [3.63, 3.8) is 0 Å². The zero-order valence-corrected chi connectivity index (χ0v) is 22.0. The molecule has 2 aromatic rings. The Kier molecular flexibility index (Phi) is 7.54. The summed E-state index contributed by atoms with van der Waals surface area (Å²) in [4.78, 5) is 27.3. The van der Waals surface area contributed by atoms with Crippen LogP contribution in [0.1, 0.15) is 42.6 Å². The van der Waals surface area contributed by atoms with Crippen molar-refractivity contribution in [2.45, 2.75) is 57.9 Å². The predicted molar refractivity (Wildman–Crippen MR) is 134 cm³/mol. The van der Waals surface area contributed by atoms with Crippen molar-refractivity contribution in [2.75, 3.05) is 31.5 Å². The van der Waals surface area contributed by atoms with Gasteiger partial charge in [-0.15, -0.1) is 0 Å². The average molecular weight is 522 g/mol. The fourth-order valence-corrected chi connectivity index (χ4v) is 6.83. The van der Waals surface area contributed by atoms with Gasteiger partial charge in [0.2, 0.25) is 21.8 Å². The third-order valence-corrected chi connectivity index (χ3v) is 9.48. The van der Waals surface area contributed by atoms with Gasteiger partial charge in [-0.25, -0.2) is 8.42 Å². The lowest BCUT2D eigenvalue weighted by molar-refractivity contribution is -0.131. The molecule has 0 aliphatic carbocycles. The number of amides is 2. The van der Waals surface area contributed by atoms with Gasteiger partial charge in [-0.05, 0) is 64.2 Å². The second-order valence-corrected chi connectivity index (χ2v) is 11.7. The first-order valence-electron chi connectivity index (χ1n) is 12.0. The van der Waals surface area contributed by atoms with Crippen LogP contribution in [0.25, 0.3) is 0 Å². The maximum atomic E-state index is 13.5. The standard InChI is InChI=1S/C24H32ClN5O4S/c1-16-6-7-20(14-21(16)25)26-24(32)19-8-12-29(13-9-19)35(33,34)23-17(2)27-30(18(23)3)15-22(31)28-10-4-5-11-28/h6-7,14,19H,4-5,8-13,15H2,1-3H3,(H,26,32). The van der Waals surface area contributed by atoms with Gasteiger partial charge < -0.3 is 10.2 Å². The van der Waals surface area contributed by atoms with Crippen molar-refractivity contribution in [3.05, 3.63) is 40.2 Å². The summed E-state index contributed by atoms with van der Waals surface area (Å²) in [7, 11) is -3.80. The average Bonchev–Trinajstić information content (AvgIpc) is 3.45. The molecule has 4 rings (SSSR count). The number of rotatable bonds is 6. The lowest BCUT2D eigenvalue weighted by atomic mass is 9.97. The number of carbonyl (C=O) groups excluding carboxylic acids is 2. The van der Waals surface area contributed by atoms with Gasteiger partial charge in [0.25, 0.3) is 0 Å². The molecule has 9 nitrogen and oxygen atoms in total. The first-order chi connectivity index (χ1) is 16.6. The Labute approximate surface area is 211 Å². The van der Waals surface area contributed by atoms with E-state index in [0.29, 0.717) is 34.9 Å². The van der Waals surface area contributed by atoms with E-state index in [-0.39, 0.29) is 42.3 Å². The highest BCUT2D eigenvalue weighted by Gasteiger charge is 2.36. The van der Waals surface area contributed by atoms with Crippen LogP contribution in [0, 0.1) is 26.7 Å². The van der Waals surface area contributed by atoms with E-state index in [1.54, 1.807) is 30.9 Å². The Bertz CT molecular complexity index is 1230. The number of piperidine rings is 1. The van der Waals surface area contributed by atoms with Crippen LogP contribution in [0.4, 0.5) is 5.69 Å². The largest absolute Gasteiger partial charge is 0.341 e. The highest BCUT2D eigenvalue weighted by atomic mass is 35.5. The summed E-state index contributed by atoms with van der Waals surface area (Å²) in [5.74, 6) is -0.467. The number of nitrogens with zero attached hydrogens (tertiary/aromatic N) is 4. The minimum absolute atomic E-state index is 0.0352. The van der Waals surface area contributed by atoms with E-state index in [1.807, 2.05) is 13.0 Å². The van der Waals surface area contributed by atoms with Crippen LogP contribution >= 0.6 is 11.6 Å². The molecule has 0 radical (unpaired) electrons. The molecule has 3 heterocycles. The van der Waals surface area contributed by atoms with Gasteiger partial charge in [0.1, 0.15) is 11.4 Å². The number of carbonyl (C=O) groups is 2. The Hall–Kier alpha value is -2.43. The zero-order chi connectivity index (χ0) is 25.3. The summed E-state index contributed by atoms with van der Waals surface area (Å²) in [6.07, 6.45) is 2.83. The molecule has 11 heteroatoms. The quantitative estimate of drug-likeness (QED) is 0.629. The molecule has 0 bridgehead atoms. The van der Waals surface area contributed by atoms with Crippen molar-refractivity contribution >= 4 is 39.1 Å². The molecular weight excluding hydrogens is 490 g/mol. The van der Waals surface area contributed by atoms with Crippen molar-refractivity contribution < 1.29 is 18.0 Å². The zero-order valence-electron chi connectivity index (χ0n) is 20.4. The van der Waals surface area contributed by atoms with Crippen LogP contribution in [0.2, 0.25) is 5.02 Å². The number of hydrogen-bond donors (Lipinski definition) is 1. The van der Waals surface area contributed by atoms with Crippen molar-refractivity contribution in [2.24, 2.45) is 5.92 Å². The molecule has 2 fully saturated rings. The minimum atomic E-state index is -3.80. The molecule has 1 aromatic carbocycles. The molecule has 1 N–H and O–H groups in total. The van der Waals surface area contributed by atoms with E-state index < -0.39 is 10.0 Å². The smallest absolute Gasteiger partial charge is 0.246 e. The van der Waals surface area contributed by atoms with E-state index in [9.17, 15) is 18.0 Å². The molecule has 2 aliphatic heterocycles. The van der Waals surface area contributed by atoms with Crippen LogP contribution in [-0.2, 0) is 26.2 Å². The Morgan fingerprint density at radius 1 is 1.09 bits per heavy atom. The number of hydrogen-bond acceptors (Lipinski definition) is 5. The summed E-state index contributed by atoms with van der Waals surface area (Å²) in [6, 6.07) is 5.36. The first kappa shape index (κ1) is 25.7. The second kappa shape index (κ2) is 10.3. The number of sulfonamides is 1. The molecular formula is C24H32ClN5O4S. The van der Waals surface area contributed by atoms with E-state index in [4.69, 9.17) is 11.6 Å². The molecule has 0 unspecified atom stereocenters. The number of benzene rings is 1. The molecule has 2 amide bonds. The topological polar surface area (TPSA) is 105 Å². The van der Waals surface area contributed by atoms with Crippen molar-refractivity contribution in [3.8, 4) is 0 Å². The van der Waals surface area contributed by atoms with Crippen molar-refractivity contribution in [1.82, 2.24) is 19.0 Å². The summed E-state index contributed by atoms with van der Waals surface area (Å²) >= 11 is 6.15. The molecule has 0 spiro atoms. The van der Waals surface area contributed by atoms with Gasteiger partial charge >= 0.3 is 0 Å². The maximum absolute atomic E-state index is 13.5. The third kappa shape index (κ3) is 5.39. The number of likely N-dealkylation sites (tertiary alicyclic amines) is 1. The lowest BCUT2D eigenvalue weighted by Crippen LogP contribution is -2.41. The normalized spacial score (nSPS) is 17.7. The summed E-state index contributed by atoms with van der Waals surface area (Å²) in [6.45, 7) is 7.24. The van der Waals surface area contributed by atoms with E-state index in [2.05, 4.69) is 10.4 Å². The van der Waals surface area contributed by atoms with Crippen LogP contribution < -0.4 is 5.32 Å². The first-order valence-corrected chi connectivity index (χ1v) is 13.8. The fraction of sp³-hybridized carbons (Fsp3) is 0.542. The van der Waals surface area contributed by atoms with Gasteiger partial charge in [-0.2, -0.15) is 9.40 Å².